The van der Waals surface area contributed by atoms with Gasteiger partial charge in [0.15, 0.2) is 0 Å². The summed E-state index contributed by atoms with van der Waals surface area (Å²) in [5.41, 5.74) is 0.684. The minimum absolute atomic E-state index is 0.0974. The summed E-state index contributed by atoms with van der Waals surface area (Å²) in [4.78, 5) is 26.7. The number of benzene rings is 1. The van der Waals surface area contributed by atoms with Crippen molar-refractivity contribution in [2.24, 2.45) is 0 Å². The van der Waals surface area contributed by atoms with Crippen LogP contribution < -0.4 is 15.4 Å². The number of nitrogens with zero attached hydrogens (tertiary/aromatic N) is 1. The SMILES string of the molecule is CCOc1ccc(NC(=O)N2CCC[C@H]2C(=O)NC[C@H]2CCCO2)cc1. The van der Waals surface area contributed by atoms with Gasteiger partial charge in [-0.15, -0.1) is 0 Å². The van der Waals surface area contributed by atoms with Gasteiger partial charge >= 0.3 is 6.03 Å². The van der Waals surface area contributed by atoms with Crippen molar-refractivity contribution in [3.63, 3.8) is 0 Å². The van der Waals surface area contributed by atoms with Crippen LogP contribution in [0.15, 0.2) is 24.3 Å². The molecule has 2 atom stereocenters. The number of nitrogens with one attached hydrogen (secondary N) is 2. The Labute approximate surface area is 154 Å². The molecule has 0 radical (unpaired) electrons. The fourth-order valence-corrected chi connectivity index (χ4v) is 3.42. The fourth-order valence-electron chi connectivity index (χ4n) is 3.42. The molecule has 142 valence electrons. The number of likely N-dealkylation sites (tertiary alicyclic amines) is 1. The number of ether oxygens (including phenoxy) is 2. The van der Waals surface area contributed by atoms with Gasteiger partial charge in [-0.3, -0.25) is 4.79 Å². The van der Waals surface area contributed by atoms with Gasteiger partial charge in [-0.2, -0.15) is 0 Å². The molecule has 2 N–H and O–H groups in total. The summed E-state index contributed by atoms with van der Waals surface area (Å²) < 4.78 is 10.9. The van der Waals surface area contributed by atoms with Crippen molar-refractivity contribution in [3.8, 4) is 5.75 Å². The Morgan fingerprint density at radius 2 is 2.04 bits per heavy atom. The van der Waals surface area contributed by atoms with Crippen molar-refractivity contribution in [2.75, 3.05) is 31.6 Å². The van der Waals surface area contributed by atoms with Gasteiger partial charge in [0.25, 0.3) is 0 Å². The van der Waals surface area contributed by atoms with E-state index in [1.54, 1.807) is 17.0 Å². The average molecular weight is 361 g/mol. The van der Waals surface area contributed by atoms with E-state index in [1.165, 1.54) is 0 Å². The molecular formula is C19H27N3O4. The first-order valence-corrected chi connectivity index (χ1v) is 9.37. The Morgan fingerprint density at radius 3 is 2.73 bits per heavy atom. The molecule has 0 aromatic heterocycles. The van der Waals surface area contributed by atoms with Crippen LogP contribution in [0, 0.1) is 0 Å². The molecule has 0 unspecified atom stereocenters. The van der Waals surface area contributed by atoms with E-state index in [2.05, 4.69) is 10.6 Å². The van der Waals surface area contributed by atoms with Crippen molar-refractivity contribution >= 4 is 17.6 Å². The van der Waals surface area contributed by atoms with E-state index >= 15 is 0 Å². The van der Waals surface area contributed by atoms with Crippen LogP contribution in [0.2, 0.25) is 0 Å². The van der Waals surface area contributed by atoms with Crippen LogP contribution in [-0.4, -0.2) is 55.3 Å². The lowest BCUT2D eigenvalue weighted by molar-refractivity contribution is -0.125. The number of rotatable bonds is 6. The number of urea groups is 1. The molecule has 2 aliphatic rings. The minimum atomic E-state index is -0.417. The maximum Gasteiger partial charge on any atom is 0.322 e. The zero-order valence-electron chi connectivity index (χ0n) is 15.2. The monoisotopic (exact) mass is 361 g/mol. The lowest BCUT2D eigenvalue weighted by Crippen LogP contribution is -2.48. The van der Waals surface area contributed by atoms with Crippen LogP contribution in [0.25, 0.3) is 0 Å². The molecule has 2 heterocycles. The molecule has 0 bridgehead atoms. The maximum absolute atomic E-state index is 12.6. The van der Waals surface area contributed by atoms with Crippen molar-refractivity contribution < 1.29 is 19.1 Å². The lowest BCUT2D eigenvalue weighted by Gasteiger charge is -2.24. The highest BCUT2D eigenvalue weighted by Crippen LogP contribution is 2.21. The molecule has 3 rings (SSSR count). The third-order valence-corrected chi connectivity index (χ3v) is 4.76. The van der Waals surface area contributed by atoms with Crippen LogP contribution in [0.1, 0.15) is 32.6 Å². The summed E-state index contributed by atoms with van der Waals surface area (Å²) >= 11 is 0. The number of amides is 3. The highest BCUT2D eigenvalue weighted by atomic mass is 16.5. The Bertz CT molecular complexity index is 614. The fraction of sp³-hybridized carbons (Fsp3) is 0.579. The topological polar surface area (TPSA) is 79.9 Å². The highest BCUT2D eigenvalue weighted by molar-refractivity contribution is 5.94. The quantitative estimate of drug-likeness (QED) is 0.815. The molecule has 2 saturated heterocycles. The first-order chi connectivity index (χ1) is 12.7. The van der Waals surface area contributed by atoms with Gasteiger partial charge < -0.3 is 25.0 Å². The van der Waals surface area contributed by atoms with E-state index in [0.29, 0.717) is 31.8 Å². The second-order valence-corrected chi connectivity index (χ2v) is 6.62. The van der Waals surface area contributed by atoms with Crippen LogP contribution in [-0.2, 0) is 9.53 Å². The largest absolute Gasteiger partial charge is 0.494 e. The van der Waals surface area contributed by atoms with Gasteiger partial charge in [0.1, 0.15) is 11.8 Å². The molecule has 26 heavy (non-hydrogen) atoms. The summed E-state index contributed by atoms with van der Waals surface area (Å²) in [5, 5.41) is 5.80. The Kier molecular flexibility index (Phi) is 6.33. The van der Waals surface area contributed by atoms with Crippen LogP contribution in [0.3, 0.4) is 0 Å². The molecule has 1 aromatic rings. The first-order valence-electron chi connectivity index (χ1n) is 9.37. The number of carbonyl (C=O) groups is 2. The van der Waals surface area contributed by atoms with Gasteiger partial charge in [0.2, 0.25) is 5.91 Å². The predicted molar refractivity (Wildman–Crippen MR) is 98.3 cm³/mol. The average Bonchev–Trinajstić information content (AvgIpc) is 3.33. The Morgan fingerprint density at radius 1 is 1.23 bits per heavy atom. The molecule has 0 spiro atoms. The second kappa shape index (κ2) is 8.89. The third-order valence-electron chi connectivity index (χ3n) is 4.76. The van der Waals surface area contributed by atoms with Crippen molar-refractivity contribution in [1.29, 1.82) is 0 Å². The van der Waals surface area contributed by atoms with Crippen molar-refractivity contribution in [3.05, 3.63) is 24.3 Å². The highest BCUT2D eigenvalue weighted by Gasteiger charge is 2.34. The van der Waals surface area contributed by atoms with Crippen LogP contribution in [0.5, 0.6) is 5.75 Å². The summed E-state index contributed by atoms with van der Waals surface area (Å²) in [6.07, 6.45) is 3.64. The molecule has 2 aliphatic heterocycles. The minimum Gasteiger partial charge on any atom is -0.494 e. The van der Waals surface area contributed by atoms with Gasteiger partial charge in [-0.25, -0.2) is 4.79 Å². The number of carbonyl (C=O) groups excluding carboxylic acids is 2. The summed E-state index contributed by atoms with van der Waals surface area (Å²) in [5.74, 6) is 0.665. The second-order valence-electron chi connectivity index (χ2n) is 6.62. The molecule has 1 aromatic carbocycles. The van der Waals surface area contributed by atoms with Crippen LogP contribution >= 0.6 is 0 Å². The summed E-state index contributed by atoms with van der Waals surface area (Å²) in [6.45, 7) is 4.39. The molecule has 0 saturated carbocycles. The molecule has 3 amide bonds. The summed E-state index contributed by atoms with van der Waals surface area (Å²) in [6, 6.07) is 6.56. The zero-order chi connectivity index (χ0) is 18.4. The van der Waals surface area contributed by atoms with E-state index < -0.39 is 6.04 Å². The lowest BCUT2D eigenvalue weighted by atomic mass is 10.2. The number of hydrogen-bond donors (Lipinski definition) is 2. The number of hydrogen-bond acceptors (Lipinski definition) is 4. The standard InChI is InChI=1S/C19H27N3O4/c1-2-25-15-9-7-14(8-10-15)21-19(24)22-11-3-6-17(22)18(23)20-13-16-5-4-12-26-16/h7-10,16-17H,2-6,11-13H2,1H3,(H,20,23)(H,21,24)/t16-,17+/m1/s1. The zero-order valence-corrected chi connectivity index (χ0v) is 15.2. The van der Waals surface area contributed by atoms with E-state index in [9.17, 15) is 9.59 Å². The van der Waals surface area contributed by atoms with Crippen LogP contribution in [0.4, 0.5) is 10.5 Å². The Balaban J connectivity index is 1.52. The maximum atomic E-state index is 12.6. The van der Waals surface area contributed by atoms with E-state index in [4.69, 9.17) is 9.47 Å². The van der Waals surface area contributed by atoms with Gasteiger partial charge in [-0.05, 0) is 56.9 Å². The molecule has 7 heteroatoms. The van der Waals surface area contributed by atoms with E-state index in [1.807, 2.05) is 19.1 Å². The first kappa shape index (κ1) is 18.5. The molecule has 7 nitrogen and oxygen atoms in total. The van der Waals surface area contributed by atoms with Crippen molar-refractivity contribution in [1.82, 2.24) is 10.2 Å². The van der Waals surface area contributed by atoms with Gasteiger partial charge in [0, 0.05) is 25.4 Å². The van der Waals surface area contributed by atoms with Gasteiger partial charge in [0.05, 0.1) is 12.7 Å². The third kappa shape index (κ3) is 4.66. The smallest absolute Gasteiger partial charge is 0.322 e. The Hall–Kier alpha value is -2.28. The predicted octanol–water partition coefficient (Wildman–Crippen LogP) is 2.38. The van der Waals surface area contributed by atoms with Crippen molar-refractivity contribution in [2.45, 2.75) is 44.8 Å². The molecule has 2 fully saturated rings. The number of anilines is 1. The molecular weight excluding hydrogens is 334 g/mol. The normalized spacial score (nSPS) is 22.3. The van der Waals surface area contributed by atoms with E-state index in [0.717, 1.165) is 31.6 Å². The van der Waals surface area contributed by atoms with Gasteiger partial charge in [-0.1, -0.05) is 0 Å². The molecule has 0 aliphatic carbocycles. The summed E-state index contributed by atoms with van der Waals surface area (Å²) in [7, 11) is 0. The van der Waals surface area contributed by atoms with E-state index in [-0.39, 0.29) is 18.0 Å².